The Hall–Kier alpha value is -1.12. The van der Waals surface area contributed by atoms with Crippen molar-refractivity contribution in [1.82, 2.24) is 4.98 Å². The second-order valence-corrected chi connectivity index (χ2v) is 5.56. The predicted molar refractivity (Wildman–Crippen MR) is 82.1 cm³/mol. The number of benzene rings is 1. The van der Waals surface area contributed by atoms with Crippen LogP contribution in [0.3, 0.4) is 0 Å². The molecule has 0 aliphatic rings. The minimum absolute atomic E-state index is 0.591. The highest BCUT2D eigenvalue weighted by Gasteiger charge is 2.14. The lowest BCUT2D eigenvalue weighted by atomic mass is 10.0. The first-order chi connectivity index (χ1) is 8.67. The van der Waals surface area contributed by atoms with Crippen LogP contribution in [-0.4, -0.2) is 4.98 Å². The molecule has 0 fully saturated rings. The monoisotopic (exact) mass is 277 g/mol. The third-order valence-electron chi connectivity index (χ3n) is 2.99. The quantitative estimate of drug-likeness (QED) is 0.661. The van der Waals surface area contributed by atoms with Crippen molar-refractivity contribution in [2.45, 2.75) is 26.7 Å². The minimum atomic E-state index is 0.591. The van der Waals surface area contributed by atoms with Crippen molar-refractivity contribution in [3.05, 3.63) is 46.5 Å². The minimum Gasteiger partial charge on any atom is -0.236 e. The van der Waals surface area contributed by atoms with Crippen LogP contribution < -0.4 is 0 Å². The summed E-state index contributed by atoms with van der Waals surface area (Å²) in [6.45, 7) is 8.18. The third-order valence-corrected chi connectivity index (χ3v) is 4.23. The molecule has 1 heterocycles. The van der Waals surface area contributed by atoms with Crippen molar-refractivity contribution in [3.63, 3.8) is 0 Å². The van der Waals surface area contributed by atoms with Crippen LogP contribution in [0.25, 0.3) is 15.8 Å². The molecule has 0 radical (unpaired) electrons. The van der Waals surface area contributed by atoms with Crippen LogP contribution in [0.5, 0.6) is 0 Å². The highest BCUT2D eigenvalue weighted by molar-refractivity contribution is 7.19. The summed E-state index contributed by atoms with van der Waals surface area (Å²) in [6, 6.07) is 8.15. The average molecular weight is 278 g/mol. The summed E-state index contributed by atoms with van der Waals surface area (Å²) in [5.41, 5.74) is 3.37. The zero-order valence-electron chi connectivity index (χ0n) is 10.7. The number of aromatic nitrogens is 1. The third kappa shape index (κ3) is 2.50. The number of hydrogen-bond donors (Lipinski definition) is 0. The van der Waals surface area contributed by atoms with E-state index in [9.17, 15) is 0 Å². The summed E-state index contributed by atoms with van der Waals surface area (Å²) in [7, 11) is 0. The van der Waals surface area contributed by atoms with Gasteiger partial charge in [-0.1, -0.05) is 49.7 Å². The fraction of sp³-hybridized carbons (Fsp3) is 0.267. The Kier molecular flexibility index (Phi) is 4.20. The van der Waals surface area contributed by atoms with Gasteiger partial charge in [0.2, 0.25) is 0 Å². The summed E-state index contributed by atoms with van der Waals surface area (Å²) in [5, 5.41) is 1.57. The highest BCUT2D eigenvalue weighted by Crippen LogP contribution is 2.35. The molecule has 2 rings (SSSR count). The molecule has 1 aromatic heterocycles. The van der Waals surface area contributed by atoms with Gasteiger partial charge in [0, 0.05) is 10.6 Å². The number of para-hydroxylation sites is 1. The molecule has 0 aliphatic heterocycles. The molecule has 0 aliphatic carbocycles. The van der Waals surface area contributed by atoms with Gasteiger partial charge in [0.15, 0.2) is 0 Å². The first kappa shape index (κ1) is 13.3. The second-order valence-electron chi connectivity index (χ2n) is 4.08. The molecule has 0 bridgehead atoms. The van der Waals surface area contributed by atoms with Gasteiger partial charge in [-0.2, -0.15) is 0 Å². The lowest BCUT2D eigenvalue weighted by Gasteiger charge is -2.08. The molecule has 0 amide bonds. The summed E-state index contributed by atoms with van der Waals surface area (Å²) >= 11 is 7.85. The molecule has 0 unspecified atom stereocenters. The smallest absolute Gasteiger partial charge is 0.126 e. The van der Waals surface area contributed by atoms with Crippen molar-refractivity contribution in [3.8, 4) is 0 Å². The van der Waals surface area contributed by atoms with Gasteiger partial charge in [-0.15, -0.1) is 11.3 Å². The number of allylic oxidation sites excluding steroid dienone is 3. The molecule has 0 N–H and O–H groups in total. The van der Waals surface area contributed by atoms with Crippen LogP contribution in [0.15, 0.2) is 41.4 Å². The van der Waals surface area contributed by atoms with Crippen LogP contribution in [0.4, 0.5) is 0 Å². The van der Waals surface area contributed by atoms with Gasteiger partial charge in [-0.3, -0.25) is 0 Å². The normalized spacial score (nSPS) is 10.6. The molecule has 2 aromatic rings. The molecular weight excluding hydrogens is 262 g/mol. The van der Waals surface area contributed by atoms with Crippen LogP contribution in [-0.2, 0) is 0 Å². The SMILES string of the molecule is C=C(Cl)C(=C(CC)CC)c1nc2ccccc2s1. The lowest BCUT2D eigenvalue weighted by Crippen LogP contribution is -1.90. The molecular formula is C15H16ClNS. The maximum Gasteiger partial charge on any atom is 0.126 e. The number of halogens is 1. The van der Waals surface area contributed by atoms with E-state index in [2.05, 4.69) is 31.5 Å². The maximum absolute atomic E-state index is 6.17. The molecule has 1 aromatic carbocycles. The Morgan fingerprint density at radius 2 is 1.94 bits per heavy atom. The molecule has 94 valence electrons. The Morgan fingerprint density at radius 3 is 2.50 bits per heavy atom. The molecule has 3 heteroatoms. The number of hydrogen-bond acceptors (Lipinski definition) is 2. The van der Waals surface area contributed by atoms with Crippen molar-refractivity contribution < 1.29 is 0 Å². The lowest BCUT2D eigenvalue weighted by molar-refractivity contribution is 0.982. The van der Waals surface area contributed by atoms with Crippen molar-refractivity contribution in [1.29, 1.82) is 0 Å². The topological polar surface area (TPSA) is 12.9 Å². The molecule has 1 nitrogen and oxygen atoms in total. The Balaban J connectivity index is 2.62. The predicted octanol–water partition coefficient (Wildman–Crippen LogP) is 5.62. The zero-order valence-corrected chi connectivity index (χ0v) is 12.2. The van der Waals surface area contributed by atoms with Gasteiger partial charge >= 0.3 is 0 Å². The van der Waals surface area contributed by atoms with Crippen molar-refractivity contribution in [2.75, 3.05) is 0 Å². The van der Waals surface area contributed by atoms with Gasteiger partial charge < -0.3 is 0 Å². The van der Waals surface area contributed by atoms with Gasteiger partial charge in [0.25, 0.3) is 0 Å². The molecule has 0 saturated heterocycles. The fourth-order valence-electron chi connectivity index (χ4n) is 2.04. The number of thiazole rings is 1. The van der Waals surface area contributed by atoms with E-state index in [1.165, 1.54) is 10.3 Å². The van der Waals surface area contributed by atoms with E-state index in [4.69, 9.17) is 11.6 Å². The first-order valence-corrected chi connectivity index (χ1v) is 7.29. The largest absolute Gasteiger partial charge is 0.236 e. The van der Waals surface area contributed by atoms with Gasteiger partial charge in [-0.25, -0.2) is 4.98 Å². The number of rotatable bonds is 4. The Morgan fingerprint density at radius 1 is 1.28 bits per heavy atom. The first-order valence-electron chi connectivity index (χ1n) is 6.10. The van der Waals surface area contributed by atoms with Crippen LogP contribution in [0.2, 0.25) is 0 Å². The molecule has 0 saturated carbocycles. The zero-order chi connectivity index (χ0) is 13.1. The van der Waals surface area contributed by atoms with Gasteiger partial charge in [0.05, 0.1) is 10.2 Å². The average Bonchev–Trinajstić information content (AvgIpc) is 2.77. The van der Waals surface area contributed by atoms with E-state index < -0.39 is 0 Å². The van der Waals surface area contributed by atoms with Crippen molar-refractivity contribution in [2.24, 2.45) is 0 Å². The fourth-order valence-corrected chi connectivity index (χ4v) is 3.41. The summed E-state index contributed by atoms with van der Waals surface area (Å²) in [6.07, 6.45) is 1.96. The van der Waals surface area contributed by atoms with E-state index in [0.29, 0.717) is 5.03 Å². The summed E-state index contributed by atoms with van der Waals surface area (Å²) in [5.74, 6) is 0. The Labute approximate surface area is 117 Å². The van der Waals surface area contributed by atoms with Crippen LogP contribution in [0.1, 0.15) is 31.7 Å². The number of fused-ring (bicyclic) bond motifs is 1. The standard InChI is InChI=1S/C15H16ClNS/c1-4-11(5-2)14(10(3)16)15-17-12-8-6-7-9-13(12)18-15/h6-9H,3-5H2,1-2H3. The van der Waals surface area contributed by atoms with E-state index >= 15 is 0 Å². The molecule has 0 spiro atoms. The summed E-state index contributed by atoms with van der Waals surface area (Å²) < 4.78 is 1.19. The molecule has 18 heavy (non-hydrogen) atoms. The maximum atomic E-state index is 6.17. The Bertz CT molecular complexity index is 571. The highest BCUT2D eigenvalue weighted by atomic mass is 35.5. The van der Waals surface area contributed by atoms with Crippen LogP contribution >= 0.6 is 22.9 Å². The molecule has 0 atom stereocenters. The van der Waals surface area contributed by atoms with E-state index in [1.807, 2.05) is 18.2 Å². The number of nitrogens with zero attached hydrogens (tertiary/aromatic N) is 1. The van der Waals surface area contributed by atoms with Crippen LogP contribution in [0, 0.1) is 0 Å². The second kappa shape index (κ2) is 5.68. The van der Waals surface area contributed by atoms with E-state index in [1.54, 1.807) is 11.3 Å². The summed E-state index contributed by atoms with van der Waals surface area (Å²) in [4.78, 5) is 4.67. The van der Waals surface area contributed by atoms with Gasteiger partial charge in [0.1, 0.15) is 5.01 Å². The van der Waals surface area contributed by atoms with E-state index in [0.717, 1.165) is 28.9 Å². The van der Waals surface area contributed by atoms with Gasteiger partial charge in [-0.05, 0) is 25.0 Å². The van der Waals surface area contributed by atoms with Crippen molar-refractivity contribution >= 4 is 38.7 Å². The van der Waals surface area contributed by atoms with E-state index in [-0.39, 0.29) is 0 Å².